The first-order valence-electron chi connectivity index (χ1n) is 5.57. The molecule has 3 rings (SSSR count). The van der Waals surface area contributed by atoms with Gasteiger partial charge < -0.3 is 9.64 Å². The number of methoxy groups -OCH3 is 1. The molecule has 0 spiro atoms. The third kappa shape index (κ3) is 1.20. The van der Waals surface area contributed by atoms with Crippen molar-refractivity contribution in [1.82, 2.24) is 0 Å². The highest BCUT2D eigenvalue weighted by Crippen LogP contribution is 2.37. The highest BCUT2D eigenvalue weighted by atomic mass is 16.5. The largest absolute Gasteiger partial charge is 0.465 e. The molecule has 0 saturated heterocycles. The van der Waals surface area contributed by atoms with Crippen molar-refractivity contribution < 1.29 is 14.3 Å². The summed E-state index contributed by atoms with van der Waals surface area (Å²) in [4.78, 5) is 25.3. The third-order valence-corrected chi connectivity index (χ3v) is 3.32. The number of nitrogens with zero attached hydrogens (tertiary/aromatic N) is 1. The zero-order valence-electron chi connectivity index (χ0n) is 10.1. The summed E-state index contributed by atoms with van der Waals surface area (Å²) in [6.07, 6.45) is 0. The van der Waals surface area contributed by atoms with Crippen LogP contribution < -0.4 is 4.90 Å². The Morgan fingerprint density at radius 3 is 2.72 bits per heavy atom. The Balaban J connectivity index is 2.42. The summed E-state index contributed by atoms with van der Waals surface area (Å²) in [5.41, 5.74) is 1.95. The van der Waals surface area contributed by atoms with Crippen molar-refractivity contribution in [3.8, 4) is 0 Å². The molecule has 1 amide bonds. The van der Waals surface area contributed by atoms with Crippen molar-refractivity contribution in [1.29, 1.82) is 0 Å². The van der Waals surface area contributed by atoms with Gasteiger partial charge in [-0.15, -0.1) is 0 Å². The SMILES string of the molecule is COC(=O)c1ccc2c3c(cccc13)N(C)C2=O. The van der Waals surface area contributed by atoms with Crippen molar-refractivity contribution in [3.63, 3.8) is 0 Å². The lowest BCUT2D eigenvalue weighted by Gasteiger charge is -2.09. The molecule has 0 bridgehead atoms. The van der Waals surface area contributed by atoms with E-state index in [1.165, 1.54) is 7.11 Å². The van der Waals surface area contributed by atoms with E-state index in [9.17, 15) is 9.59 Å². The molecular formula is C14H11NO3. The van der Waals surface area contributed by atoms with Crippen molar-refractivity contribution in [3.05, 3.63) is 41.5 Å². The Labute approximate surface area is 104 Å². The Kier molecular flexibility index (Phi) is 2.13. The van der Waals surface area contributed by atoms with Gasteiger partial charge in [-0.2, -0.15) is 0 Å². The Hall–Kier alpha value is -2.36. The molecule has 4 heteroatoms. The van der Waals surface area contributed by atoms with Crippen LogP contribution in [0.2, 0.25) is 0 Å². The molecule has 0 radical (unpaired) electrons. The summed E-state index contributed by atoms with van der Waals surface area (Å²) in [7, 11) is 3.08. The van der Waals surface area contributed by atoms with E-state index < -0.39 is 0 Å². The highest BCUT2D eigenvalue weighted by Gasteiger charge is 2.28. The summed E-state index contributed by atoms with van der Waals surface area (Å²) < 4.78 is 4.76. The van der Waals surface area contributed by atoms with Crippen LogP contribution in [0.3, 0.4) is 0 Å². The van der Waals surface area contributed by atoms with Gasteiger partial charge in [-0.1, -0.05) is 12.1 Å². The Morgan fingerprint density at radius 1 is 1.22 bits per heavy atom. The topological polar surface area (TPSA) is 46.6 Å². The molecule has 1 aliphatic heterocycles. The fourth-order valence-corrected chi connectivity index (χ4v) is 2.42. The van der Waals surface area contributed by atoms with E-state index in [2.05, 4.69) is 0 Å². The van der Waals surface area contributed by atoms with Crippen LogP contribution in [0.4, 0.5) is 5.69 Å². The van der Waals surface area contributed by atoms with Crippen LogP contribution in [-0.4, -0.2) is 26.0 Å². The molecule has 4 nitrogen and oxygen atoms in total. The van der Waals surface area contributed by atoms with Crippen molar-refractivity contribution in [2.45, 2.75) is 0 Å². The minimum atomic E-state index is -0.388. The van der Waals surface area contributed by atoms with Crippen LogP contribution in [0.15, 0.2) is 30.3 Å². The van der Waals surface area contributed by atoms with Crippen LogP contribution in [0.5, 0.6) is 0 Å². The molecule has 1 aliphatic rings. The number of ether oxygens (including phenoxy) is 1. The zero-order valence-corrected chi connectivity index (χ0v) is 10.1. The lowest BCUT2D eigenvalue weighted by molar-refractivity contribution is 0.0602. The Morgan fingerprint density at radius 2 is 2.00 bits per heavy atom. The van der Waals surface area contributed by atoms with E-state index in [1.807, 2.05) is 18.2 Å². The first-order chi connectivity index (χ1) is 8.65. The number of anilines is 1. The van der Waals surface area contributed by atoms with Crippen molar-refractivity contribution >= 4 is 28.3 Å². The van der Waals surface area contributed by atoms with E-state index in [-0.39, 0.29) is 11.9 Å². The van der Waals surface area contributed by atoms with Crippen molar-refractivity contribution in [2.24, 2.45) is 0 Å². The van der Waals surface area contributed by atoms with E-state index in [1.54, 1.807) is 24.1 Å². The van der Waals surface area contributed by atoms with Gasteiger partial charge in [0.1, 0.15) is 0 Å². The maximum atomic E-state index is 12.0. The van der Waals surface area contributed by atoms with Crippen LogP contribution in [0.25, 0.3) is 10.8 Å². The number of rotatable bonds is 1. The molecule has 90 valence electrons. The monoisotopic (exact) mass is 241 g/mol. The average Bonchev–Trinajstić information content (AvgIpc) is 2.66. The smallest absolute Gasteiger partial charge is 0.338 e. The normalized spacial score (nSPS) is 13.2. The molecule has 0 unspecified atom stereocenters. The minimum Gasteiger partial charge on any atom is -0.465 e. The van der Waals surface area contributed by atoms with Gasteiger partial charge in [0.05, 0.1) is 18.4 Å². The first-order valence-corrected chi connectivity index (χ1v) is 5.57. The number of carbonyl (C=O) groups is 2. The highest BCUT2D eigenvalue weighted by molar-refractivity contribution is 6.26. The third-order valence-electron chi connectivity index (χ3n) is 3.32. The van der Waals surface area contributed by atoms with Gasteiger partial charge in [-0.3, -0.25) is 4.79 Å². The molecule has 1 heterocycles. The second kappa shape index (κ2) is 3.57. The van der Waals surface area contributed by atoms with Crippen molar-refractivity contribution in [2.75, 3.05) is 19.1 Å². The molecule has 2 aromatic rings. The second-order valence-corrected chi connectivity index (χ2v) is 4.22. The van der Waals surface area contributed by atoms with Gasteiger partial charge in [0.2, 0.25) is 0 Å². The van der Waals surface area contributed by atoms with Crippen LogP contribution in [0.1, 0.15) is 20.7 Å². The predicted octanol–water partition coefficient (Wildman–Crippen LogP) is 2.22. The molecular weight excluding hydrogens is 230 g/mol. The average molecular weight is 241 g/mol. The molecule has 0 atom stereocenters. The molecule has 0 aliphatic carbocycles. The number of hydrogen-bond acceptors (Lipinski definition) is 3. The maximum absolute atomic E-state index is 12.0. The molecule has 0 saturated carbocycles. The minimum absolute atomic E-state index is 0.0439. The molecule has 18 heavy (non-hydrogen) atoms. The summed E-state index contributed by atoms with van der Waals surface area (Å²) >= 11 is 0. The number of amides is 1. The number of hydrogen-bond donors (Lipinski definition) is 0. The summed E-state index contributed by atoms with van der Waals surface area (Å²) in [6, 6.07) is 8.87. The van der Waals surface area contributed by atoms with Gasteiger partial charge in [-0.05, 0) is 23.6 Å². The summed E-state index contributed by atoms with van der Waals surface area (Å²) in [6.45, 7) is 0. The lowest BCUT2D eigenvalue weighted by atomic mass is 10.0. The maximum Gasteiger partial charge on any atom is 0.338 e. The van der Waals surface area contributed by atoms with E-state index in [4.69, 9.17) is 4.74 Å². The van der Waals surface area contributed by atoms with Gasteiger partial charge in [-0.25, -0.2) is 4.79 Å². The Bertz CT molecular complexity index is 691. The van der Waals surface area contributed by atoms with Gasteiger partial charge in [0, 0.05) is 18.0 Å². The quantitative estimate of drug-likeness (QED) is 0.719. The predicted molar refractivity (Wildman–Crippen MR) is 68.0 cm³/mol. The standard InChI is InChI=1S/C14H11NO3/c1-15-11-5-3-4-8-9(14(17)18-2)6-7-10(12(8)11)13(15)16/h3-7H,1-2H3. The summed E-state index contributed by atoms with van der Waals surface area (Å²) in [5.74, 6) is -0.432. The van der Waals surface area contributed by atoms with Crippen LogP contribution in [-0.2, 0) is 4.74 Å². The van der Waals surface area contributed by atoms with Crippen LogP contribution >= 0.6 is 0 Å². The van der Waals surface area contributed by atoms with Gasteiger partial charge in [0.25, 0.3) is 5.91 Å². The first kappa shape index (κ1) is 10.8. The number of carbonyl (C=O) groups excluding carboxylic acids is 2. The molecule has 0 fully saturated rings. The van der Waals surface area contributed by atoms with Crippen LogP contribution in [0, 0.1) is 0 Å². The van der Waals surface area contributed by atoms with E-state index in [0.29, 0.717) is 11.1 Å². The lowest BCUT2D eigenvalue weighted by Crippen LogP contribution is -2.20. The van der Waals surface area contributed by atoms with E-state index >= 15 is 0 Å². The fraction of sp³-hybridized carbons (Fsp3) is 0.143. The molecule has 2 aromatic carbocycles. The number of benzene rings is 2. The van der Waals surface area contributed by atoms with Gasteiger partial charge >= 0.3 is 5.97 Å². The zero-order chi connectivity index (χ0) is 12.9. The molecule has 0 aromatic heterocycles. The second-order valence-electron chi connectivity index (χ2n) is 4.22. The molecule has 0 N–H and O–H groups in total. The van der Waals surface area contributed by atoms with Gasteiger partial charge in [0.15, 0.2) is 0 Å². The number of esters is 1. The fourth-order valence-electron chi connectivity index (χ4n) is 2.42. The van der Waals surface area contributed by atoms with E-state index in [0.717, 1.165) is 16.5 Å². The summed E-state index contributed by atoms with van der Waals surface area (Å²) in [5, 5.41) is 1.59.